The number of rotatable bonds is 1. The molecule has 2 aromatic carbocycles. The summed E-state index contributed by atoms with van der Waals surface area (Å²) in [5, 5.41) is 0. The molecular weight excluding hydrogens is 242 g/mol. The summed E-state index contributed by atoms with van der Waals surface area (Å²) in [6.45, 7) is 2.25. The van der Waals surface area contributed by atoms with Gasteiger partial charge in [-0.15, -0.1) is 0 Å². The Kier molecular flexibility index (Phi) is 2.53. The number of hydrogen-bond acceptors (Lipinski definition) is 1. The topological polar surface area (TPSA) is 3.24 Å². The van der Waals surface area contributed by atoms with Gasteiger partial charge in [-0.05, 0) is 35.3 Å². The van der Waals surface area contributed by atoms with Gasteiger partial charge in [-0.2, -0.15) is 0 Å². The third-order valence-electron chi connectivity index (χ3n) is 4.33. The highest BCUT2D eigenvalue weighted by molar-refractivity contribution is 5.78. The van der Waals surface area contributed by atoms with Crippen molar-refractivity contribution in [2.24, 2.45) is 0 Å². The van der Waals surface area contributed by atoms with E-state index in [9.17, 15) is 0 Å². The smallest absolute Gasteiger partial charge is 0.0808 e. The molecule has 1 nitrogen and oxygen atoms in total. The zero-order chi connectivity index (χ0) is 13.5. The first-order chi connectivity index (χ1) is 9.86. The van der Waals surface area contributed by atoms with Crippen molar-refractivity contribution in [3.8, 4) is 11.1 Å². The second-order valence-corrected chi connectivity index (χ2v) is 5.49. The fourth-order valence-corrected chi connectivity index (χ4v) is 3.38. The van der Waals surface area contributed by atoms with Crippen molar-refractivity contribution in [3.05, 3.63) is 84.1 Å². The largest absolute Gasteiger partial charge is 0.360 e. The molecule has 0 N–H and O–H groups in total. The lowest BCUT2D eigenvalue weighted by Gasteiger charge is -2.34. The molecule has 1 heterocycles. The number of benzene rings is 2. The monoisotopic (exact) mass is 259 g/mol. The highest BCUT2D eigenvalue weighted by Gasteiger charge is 2.33. The molecule has 0 aromatic heterocycles. The van der Waals surface area contributed by atoms with Gasteiger partial charge in [-0.25, -0.2) is 0 Å². The first kappa shape index (κ1) is 11.5. The fraction of sp³-hybridized carbons (Fsp3) is 0.158. The molecule has 0 spiro atoms. The summed E-state index contributed by atoms with van der Waals surface area (Å²) < 4.78 is 0. The molecule has 1 unspecified atom stereocenters. The van der Waals surface area contributed by atoms with Gasteiger partial charge >= 0.3 is 0 Å². The second-order valence-electron chi connectivity index (χ2n) is 5.49. The molecule has 4 rings (SSSR count). The Morgan fingerprint density at radius 1 is 0.800 bits per heavy atom. The summed E-state index contributed by atoms with van der Waals surface area (Å²) in [6.07, 6.45) is 8.73. The van der Waals surface area contributed by atoms with Crippen molar-refractivity contribution in [1.29, 1.82) is 0 Å². The van der Waals surface area contributed by atoms with Crippen molar-refractivity contribution in [2.45, 2.75) is 19.0 Å². The van der Waals surface area contributed by atoms with E-state index in [1.807, 2.05) is 0 Å². The van der Waals surface area contributed by atoms with Crippen LogP contribution in [0.15, 0.2) is 73.0 Å². The highest BCUT2D eigenvalue weighted by atomic mass is 15.2. The Labute approximate surface area is 119 Å². The SMILES string of the molecule is CC1C=CC=CN1C1c2ccccc2-c2ccccc21. The van der Waals surface area contributed by atoms with Gasteiger partial charge in [0.05, 0.1) is 6.04 Å². The molecular formula is C19H17N. The zero-order valence-electron chi connectivity index (χ0n) is 11.5. The molecule has 98 valence electrons. The van der Waals surface area contributed by atoms with E-state index in [-0.39, 0.29) is 0 Å². The standard InChI is InChI=1S/C19H17N/c1-14-8-6-7-13-20(14)19-17-11-4-2-9-15(17)16-10-3-5-12-18(16)19/h2-14,19H,1H3. The molecule has 1 heteroatoms. The van der Waals surface area contributed by atoms with Gasteiger partial charge in [-0.3, -0.25) is 0 Å². The summed E-state index contributed by atoms with van der Waals surface area (Å²) in [4.78, 5) is 2.45. The molecule has 0 amide bonds. The fourth-order valence-electron chi connectivity index (χ4n) is 3.38. The van der Waals surface area contributed by atoms with E-state index >= 15 is 0 Å². The molecule has 0 fully saturated rings. The Bertz CT molecular complexity index is 666. The van der Waals surface area contributed by atoms with Gasteiger partial charge in [0.1, 0.15) is 0 Å². The predicted octanol–water partition coefficient (Wildman–Crippen LogP) is 4.53. The van der Waals surface area contributed by atoms with E-state index < -0.39 is 0 Å². The summed E-state index contributed by atoms with van der Waals surface area (Å²) in [5.74, 6) is 0. The molecule has 1 atom stereocenters. The van der Waals surface area contributed by atoms with E-state index in [0.717, 1.165) is 0 Å². The van der Waals surface area contributed by atoms with Gasteiger partial charge in [0, 0.05) is 12.2 Å². The lowest BCUT2D eigenvalue weighted by atomic mass is 10.0. The van der Waals surface area contributed by atoms with Crippen LogP contribution in [0.5, 0.6) is 0 Å². The average Bonchev–Trinajstić information content (AvgIpc) is 2.83. The Morgan fingerprint density at radius 3 is 2.00 bits per heavy atom. The summed E-state index contributed by atoms with van der Waals surface area (Å²) in [5.41, 5.74) is 5.59. The second kappa shape index (κ2) is 4.38. The van der Waals surface area contributed by atoms with Crippen LogP contribution < -0.4 is 0 Å². The highest BCUT2D eigenvalue weighted by Crippen LogP contribution is 2.47. The van der Waals surface area contributed by atoms with Crippen LogP contribution in [0.2, 0.25) is 0 Å². The van der Waals surface area contributed by atoms with Crippen LogP contribution in [0.1, 0.15) is 24.1 Å². The lowest BCUT2D eigenvalue weighted by molar-refractivity contribution is 0.282. The molecule has 0 bridgehead atoms. The minimum absolute atomic E-state index is 0.332. The summed E-state index contributed by atoms with van der Waals surface area (Å²) >= 11 is 0. The molecule has 20 heavy (non-hydrogen) atoms. The lowest BCUT2D eigenvalue weighted by Crippen LogP contribution is -2.31. The van der Waals surface area contributed by atoms with Crippen molar-refractivity contribution < 1.29 is 0 Å². The van der Waals surface area contributed by atoms with E-state index in [1.54, 1.807) is 0 Å². The van der Waals surface area contributed by atoms with Crippen LogP contribution in [0, 0.1) is 0 Å². The number of allylic oxidation sites excluding steroid dienone is 2. The van der Waals surface area contributed by atoms with Crippen molar-refractivity contribution >= 4 is 0 Å². The van der Waals surface area contributed by atoms with Crippen LogP contribution in [-0.4, -0.2) is 10.9 Å². The maximum atomic E-state index is 2.45. The first-order valence-electron chi connectivity index (χ1n) is 7.17. The molecule has 2 aliphatic rings. The van der Waals surface area contributed by atoms with Crippen LogP contribution in [-0.2, 0) is 0 Å². The normalized spacial score (nSPS) is 20.1. The van der Waals surface area contributed by atoms with Gasteiger partial charge in [0.2, 0.25) is 0 Å². The van der Waals surface area contributed by atoms with Crippen LogP contribution in [0.3, 0.4) is 0 Å². The van der Waals surface area contributed by atoms with Crippen LogP contribution in [0.4, 0.5) is 0 Å². The first-order valence-corrected chi connectivity index (χ1v) is 7.17. The minimum Gasteiger partial charge on any atom is -0.360 e. The minimum atomic E-state index is 0.332. The number of fused-ring (bicyclic) bond motifs is 3. The quantitative estimate of drug-likeness (QED) is 0.727. The molecule has 0 saturated heterocycles. The Hall–Kier alpha value is -2.28. The maximum Gasteiger partial charge on any atom is 0.0808 e. The number of hydrogen-bond donors (Lipinski definition) is 0. The summed E-state index contributed by atoms with van der Waals surface area (Å²) in [7, 11) is 0. The Morgan fingerprint density at radius 2 is 1.40 bits per heavy atom. The zero-order valence-corrected chi connectivity index (χ0v) is 11.5. The van der Waals surface area contributed by atoms with Gasteiger partial charge in [0.25, 0.3) is 0 Å². The third-order valence-corrected chi connectivity index (χ3v) is 4.33. The molecule has 0 saturated carbocycles. The predicted molar refractivity (Wildman–Crippen MR) is 83.3 cm³/mol. The van der Waals surface area contributed by atoms with E-state index in [4.69, 9.17) is 0 Å². The molecule has 1 aliphatic heterocycles. The third kappa shape index (κ3) is 1.56. The average molecular weight is 259 g/mol. The van der Waals surface area contributed by atoms with Crippen molar-refractivity contribution in [3.63, 3.8) is 0 Å². The number of nitrogens with zero attached hydrogens (tertiary/aromatic N) is 1. The van der Waals surface area contributed by atoms with Gasteiger partial charge in [0.15, 0.2) is 0 Å². The van der Waals surface area contributed by atoms with E-state index in [0.29, 0.717) is 12.1 Å². The van der Waals surface area contributed by atoms with Crippen molar-refractivity contribution in [2.75, 3.05) is 0 Å². The van der Waals surface area contributed by atoms with E-state index in [1.165, 1.54) is 22.3 Å². The Balaban J connectivity index is 1.91. The van der Waals surface area contributed by atoms with Gasteiger partial charge < -0.3 is 4.90 Å². The van der Waals surface area contributed by atoms with Crippen molar-refractivity contribution in [1.82, 2.24) is 4.90 Å². The molecule has 1 aliphatic carbocycles. The molecule has 2 aromatic rings. The maximum absolute atomic E-state index is 2.45. The van der Waals surface area contributed by atoms with Gasteiger partial charge in [-0.1, -0.05) is 60.7 Å². The van der Waals surface area contributed by atoms with Crippen LogP contribution in [0.25, 0.3) is 11.1 Å². The summed E-state index contributed by atoms with van der Waals surface area (Å²) in [6, 6.07) is 18.3. The molecule has 0 radical (unpaired) electrons. The van der Waals surface area contributed by atoms with Crippen LogP contribution >= 0.6 is 0 Å². The van der Waals surface area contributed by atoms with E-state index in [2.05, 4.69) is 84.8 Å².